The summed E-state index contributed by atoms with van der Waals surface area (Å²) in [5.41, 5.74) is 2.16. The second-order valence-electron chi connectivity index (χ2n) is 5.89. The summed E-state index contributed by atoms with van der Waals surface area (Å²) in [5.74, 6) is 0.826. The van der Waals surface area contributed by atoms with E-state index in [0.29, 0.717) is 24.7 Å². The van der Waals surface area contributed by atoms with Gasteiger partial charge in [-0.2, -0.15) is 0 Å². The highest BCUT2D eigenvalue weighted by Crippen LogP contribution is 2.12. The van der Waals surface area contributed by atoms with Crippen LogP contribution >= 0.6 is 0 Å². The van der Waals surface area contributed by atoms with Gasteiger partial charge in [-0.1, -0.05) is 24.3 Å². The second kappa shape index (κ2) is 9.87. The van der Waals surface area contributed by atoms with E-state index >= 15 is 0 Å². The number of para-hydroxylation sites is 1. The summed E-state index contributed by atoms with van der Waals surface area (Å²) in [7, 11) is 0. The van der Waals surface area contributed by atoms with Gasteiger partial charge in [0.15, 0.2) is 0 Å². The summed E-state index contributed by atoms with van der Waals surface area (Å²) >= 11 is 0. The number of nitrogens with one attached hydrogen (secondary N) is 2. The largest absolute Gasteiger partial charge is 0.494 e. The van der Waals surface area contributed by atoms with Crippen molar-refractivity contribution >= 4 is 17.6 Å². The predicted molar refractivity (Wildman–Crippen MR) is 111 cm³/mol. The van der Waals surface area contributed by atoms with E-state index in [4.69, 9.17) is 4.74 Å². The maximum absolute atomic E-state index is 12.6. The first-order chi connectivity index (χ1) is 13.7. The molecule has 2 N–H and O–H groups in total. The minimum Gasteiger partial charge on any atom is -0.494 e. The zero-order chi connectivity index (χ0) is 19.6. The third-order valence-corrected chi connectivity index (χ3v) is 3.82. The van der Waals surface area contributed by atoms with E-state index in [2.05, 4.69) is 20.6 Å². The fraction of sp³-hybridized carbons (Fsp3) is 0.136. The van der Waals surface area contributed by atoms with E-state index in [0.717, 1.165) is 17.1 Å². The van der Waals surface area contributed by atoms with Crippen LogP contribution in [0.4, 0.5) is 5.69 Å². The van der Waals surface area contributed by atoms with Gasteiger partial charge < -0.3 is 10.1 Å². The first kappa shape index (κ1) is 19.1. The number of hydrogen-bond acceptors (Lipinski definition) is 4. The van der Waals surface area contributed by atoms with Crippen molar-refractivity contribution in [3.8, 4) is 5.75 Å². The highest BCUT2D eigenvalue weighted by Gasteiger charge is 2.10. The Hall–Kier alpha value is -3.67. The van der Waals surface area contributed by atoms with E-state index < -0.39 is 0 Å². The van der Waals surface area contributed by atoms with Crippen molar-refractivity contribution in [3.05, 3.63) is 90.3 Å². The molecule has 0 fully saturated rings. The molecule has 3 rings (SSSR count). The topological polar surface area (TPSA) is 75.6 Å². The number of ether oxygens (including phenoxy) is 1. The molecule has 0 saturated carbocycles. The molecule has 28 heavy (non-hydrogen) atoms. The Morgan fingerprint density at radius 3 is 2.43 bits per heavy atom. The summed E-state index contributed by atoms with van der Waals surface area (Å²) in [5, 5.41) is 5.98. The summed E-state index contributed by atoms with van der Waals surface area (Å²) in [6, 6.07) is 22.2. The summed E-state index contributed by atoms with van der Waals surface area (Å²) in [6.45, 7) is 2.84. The smallest absolute Gasteiger partial charge is 0.257 e. The molecule has 1 aromatic heterocycles. The van der Waals surface area contributed by atoms with Gasteiger partial charge in [0, 0.05) is 17.4 Å². The molecule has 142 valence electrons. The first-order valence-electron chi connectivity index (χ1n) is 9.05. The third-order valence-electron chi connectivity index (χ3n) is 3.82. The lowest BCUT2D eigenvalue weighted by molar-refractivity contribution is 0.0977. The highest BCUT2D eigenvalue weighted by atomic mass is 16.5. The molecule has 6 nitrogen and oxygen atoms in total. The lowest BCUT2D eigenvalue weighted by Gasteiger charge is -2.12. The Kier molecular flexibility index (Phi) is 6.73. The van der Waals surface area contributed by atoms with Crippen molar-refractivity contribution < 1.29 is 9.53 Å². The average molecular weight is 374 g/mol. The lowest BCUT2D eigenvalue weighted by Crippen LogP contribution is -2.36. The molecule has 3 aromatic rings. The number of nitrogens with zero attached hydrogens (tertiary/aromatic N) is 2. The van der Waals surface area contributed by atoms with Crippen LogP contribution in [0.2, 0.25) is 0 Å². The van der Waals surface area contributed by atoms with Gasteiger partial charge in [0.25, 0.3) is 5.91 Å². The van der Waals surface area contributed by atoms with Crippen LogP contribution in [0.25, 0.3) is 0 Å². The molecular weight excluding hydrogens is 352 g/mol. The van der Waals surface area contributed by atoms with Crippen LogP contribution in [0.5, 0.6) is 5.75 Å². The molecular formula is C22H22N4O2. The van der Waals surface area contributed by atoms with Gasteiger partial charge in [0.2, 0.25) is 5.96 Å². The molecule has 0 radical (unpaired) electrons. The Morgan fingerprint density at radius 2 is 1.75 bits per heavy atom. The number of carbonyl (C=O) groups excluding carboxylic acids is 1. The molecule has 0 aliphatic rings. The number of pyridine rings is 1. The fourth-order valence-electron chi connectivity index (χ4n) is 2.47. The molecule has 0 saturated heterocycles. The van der Waals surface area contributed by atoms with E-state index in [1.807, 2.05) is 55.5 Å². The standard InChI is InChI=1S/C22H22N4O2/c1-2-28-20-13-11-17(12-14-20)21(27)26-22(25-18-8-4-3-5-9-18)24-16-19-10-6-7-15-23-19/h3-15H,2,16H2,1H3,(H2,24,25,26,27). The number of guanidine groups is 1. The first-order valence-corrected chi connectivity index (χ1v) is 9.05. The zero-order valence-corrected chi connectivity index (χ0v) is 15.6. The van der Waals surface area contributed by atoms with E-state index in [1.165, 1.54) is 0 Å². The molecule has 0 unspecified atom stereocenters. The van der Waals surface area contributed by atoms with Gasteiger partial charge in [-0.25, -0.2) is 4.99 Å². The Balaban J connectivity index is 1.74. The number of aliphatic imine (C=N–C) groups is 1. The lowest BCUT2D eigenvalue weighted by atomic mass is 10.2. The Bertz CT molecular complexity index is 910. The van der Waals surface area contributed by atoms with Crippen LogP contribution in [-0.4, -0.2) is 23.5 Å². The Labute approximate surface area is 164 Å². The maximum atomic E-state index is 12.6. The molecule has 0 spiro atoms. The van der Waals surface area contributed by atoms with Crippen LogP contribution in [-0.2, 0) is 6.54 Å². The van der Waals surface area contributed by atoms with E-state index in [1.54, 1.807) is 30.5 Å². The summed E-state index contributed by atoms with van der Waals surface area (Å²) in [6.07, 6.45) is 1.72. The molecule has 0 atom stereocenters. The van der Waals surface area contributed by atoms with Gasteiger partial charge in [-0.3, -0.25) is 15.1 Å². The van der Waals surface area contributed by atoms with E-state index in [-0.39, 0.29) is 5.91 Å². The van der Waals surface area contributed by atoms with Crippen LogP contribution < -0.4 is 15.4 Å². The minimum absolute atomic E-state index is 0.258. The average Bonchev–Trinajstić information content (AvgIpc) is 2.74. The quantitative estimate of drug-likeness (QED) is 0.507. The number of benzene rings is 2. The van der Waals surface area contributed by atoms with Crippen LogP contribution in [0.1, 0.15) is 23.0 Å². The van der Waals surface area contributed by atoms with Crippen LogP contribution in [0.15, 0.2) is 84.0 Å². The number of rotatable bonds is 6. The van der Waals surface area contributed by atoms with Crippen molar-refractivity contribution in [3.63, 3.8) is 0 Å². The molecule has 2 aromatic carbocycles. The molecule has 0 aliphatic heterocycles. The molecule has 6 heteroatoms. The van der Waals surface area contributed by atoms with Gasteiger partial charge in [-0.15, -0.1) is 0 Å². The highest BCUT2D eigenvalue weighted by molar-refractivity contribution is 6.09. The van der Waals surface area contributed by atoms with Crippen LogP contribution in [0.3, 0.4) is 0 Å². The van der Waals surface area contributed by atoms with Gasteiger partial charge >= 0.3 is 0 Å². The van der Waals surface area contributed by atoms with Crippen LogP contribution in [0, 0.1) is 0 Å². The monoisotopic (exact) mass is 374 g/mol. The molecule has 1 heterocycles. The molecule has 0 aliphatic carbocycles. The van der Waals surface area contributed by atoms with Gasteiger partial charge in [-0.05, 0) is 55.5 Å². The number of amides is 1. The maximum Gasteiger partial charge on any atom is 0.257 e. The predicted octanol–water partition coefficient (Wildman–Crippen LogP) is 3.88. The zero-order valence-electron chi connectivity index (χ0n) is 15.6. The third kappa shape index (κ3) is 5.67. The number of carbonyl (C=O) groups is 1. The van der Waals surface area contributed by atoms with Crippen molar-refractivity contribution in [2.45, 2.75) is 13.5 Å². The number of aromatic nitrogens is 1. The summed E-state index contributed by atoms with van der Waals surface area (Å²) in [4.78, 5) is 21.4. The van der Waals surface area contributed by atoms with Crippen molar-refractivity contribution in [2.75, 3.05) is 11.9 Å². The van der Waals surface area contributed by atoms with Gasteiger partial charge in [0.05, 0.1) is 18.8 Å². The van der Waals surface area contributed by atoms with Crippen molar-refractivity contribution in [1.29, 1.82) is 0 Å². The number of hydrogen-bond donors (Lipinski definition) is 2. The minimum atomic E-state index is -0.258. The summed E-state index contributed by atoms with van der Waals surface area (Å²) < 4.78 is 5.41. The van der Waals surface area contributed by atoms with Crippen molar-refractivity contribution in [1.82, 2.24) is 10.3 Å². The Morgan fingerprint density at radius 1 is 1.00 bits per heavy atom. The number of anilines is 1. The molecule has 1 amide bonds. The van der Waals surface area contributed by atoms with Gasteiger partial charge in [0.1, 0.15) is 5.75 Å². The normalized spacial score (nSPS) is 11.0. The fourth-order valence-corrected chi connectivity index (χ4v) is 2.47. The molecule has 0 bridgehead atoms. The SMILES string of the molecule is CCOc1ccc(C(=O)NC(=NCc2ccccn2)Nc2ccccc2)cc1. The van der Waals surface area contributed by atoms with E-state index in [9.17, 15) is 4.79 Å². The van der Waals surface area contributed by atoms with Crippen molar-refractivity contribution in [2.24, 2.45) is 4.99 Å². The second-order valence-corrected chi connectivity index (χ2v) is 5.89.